The maximum atomic E-state index is 11.9. The lowest BCUT2D eigenvalue weighted by molar-refractivity contribution is -0.134. The molecule has 0 saturated carbocycles. The molecular weight excluding hydrogens is 441 g/mol. The van der Waals surface area contributed by atoms with Crippen LogP contribution in [0.3, 0.4) is 0 Å². The van der Waals surface area contributed by atoms with Gasteiger partial charge in [0.25, 0.3) is 0 Å². The van der Waals surface area contributed by atoms with Gasteiger partial charge < -0.3 is 14.2 Å². The van der Waals surface area contributed by atoms with Crippen molar-refractivity contribution >= 4 is 52.5 Å². The van der Waals surface area contributed by atoms with E-state index in [0.717, 1.165) is 24.0 Å². The van der Waals surface area contributed by atoms with E-state index in [4.69, 9.17) is 49.0 Å². The second kappa shape index (κ2) is 9.03. The molecule has 0 saturated heterocycles. The molecule has 29 heavy (non-hydrogen) atoms. The lowest BCUT2D eigenvalue weighted by Crippen LogP contribution is -2.17. The van der Waals surface area contributed by atoms with Crippen LogP contribution in [0.25, 0.3) is 5.76 Å². The second-order valence-corrected chi connectivity index (χ2v) is 8.71. The molecule has 0 N–H and O–H groups in total. The van der Waals surface area contributed by atoms with Gasteiger partial charge in [-0.05, 0) is 48.7 Å². The zero-order chi connectivity index (χ0) is 21.0. The van der Waals surface area contributed by atoms with Gasteiger partial charge >= 0.3 is 11.9 Å². The summed E-state index contributed by atoms with van der Waals surface area (Å²) in [5, 5.41) is 0. The maximum Gasteiger partial charge on any atom is 0.339 e. The van der Waals surface area contributed by atoms with Gasteiger partial charge in [-0.25, -0.2) is 9.78 Å². The highest BCUT2D eigenvalue weighted by molar-refractivity contribution is 6.67. The van der Waals surface area contributed by atoms with Crippen molar-refractivity contribution in [3.8, 4) is 11.6 Å². The van der Waals surface area contributed by atoms with Gasteiger partial charge in [0.1, 0.15) is 18.1 Å². The number of esters is 2. The Labute approximate surface area is 182 Å². The molecule has 6 nitrogen and oxygen atoms in total. The summed E-state index contributed by atoms with van der Waals surface area (Å²) in [4.78, 5) is 27.3. The van der Waals surface area contributed by atoms with E-state index < -0.39 is 9.76 Å². The predicted molar refractivity (Wildman–Crippen MR) is 109 cm³/mol. The van der Waals surface area contributed by atoms with Crippen LogP contribution in [0.4, 0.5) is 0 Å². The number of benzene rings is 1. The summed E-state index contributed by atoms with van der Waals surface area (Å²) in [5.74, 6) is 0.414. The molecule has 1 heterocycles. The van der Waals surface area contributed by atoms with E-state index in [0.29, 0.717) is 17.4 Å². The highest BCUT2D eigenvalue weighted by Crippen LogP contribution is 2.32. The Morgan fingerprint density at radius 1 is 1.17 bits per heavy atom. The first-order valence-corrected chi connectivity index (χ1v) is 9.74. The SMILES string of the molecule is CC(=O)OC1=CCCc2cc(Oc3ccc(C(=O)OCC(Cl)(Cl)Cl)cn3)ccc21. The van der Waals surface area contributed by atoms with Crippen molar-refractivity contribution in [1.29, 1.82) is 0 Å². The molecule has 3 rings (SSSR count). The van der Waals surface area contributed by atoms with E-state index in [-0.39, 0.29) is 18.1 Å². The number of fused-ring (bicyclic) bond motifs is 1. The Hall–Kier alpha value is -2.28. The van der Waals surface area contributed by atoms with Gasteiger partial charge in [0.05, 0.1) is 5.56 Å². The van der Waals surface area contributed by atoms with Crippen LogP contribution in [-0.4, -0.2) is 27.3 Å². The highest BCUT2D eigenvalue weighted by Gasteiger charge is 2.23. The summed E-state index contributed by atoms with van der Waals surface area (Å²) in [6.07, 6.45) is 4.78. The molecule has 0 atom stereocenters. The monoisotopic (exact) mass is 455 g/mol. The fourth-order valence-corrected chi connectivity index (χ4v) is 2.88. The smallest absolute Gasteiger partial charge is 0.339 e. The summed E-state index contributed by atoms with van der Waals surface area (Å²) in [6, 6.07) is 8.50. The average Bonchev–Trinajstić information content (AvgIpc) is 2.66. The summed E-state index contributed by atoms with van der Waals surface area (Å²) in [7, 11) is 0. The first-order chi connectivity index (χ1) is 13.7. The van der Waals surface area contributed by atoms with Gasteiger partial charge in [0, 0.05) is 24.8 Å². The van der Waals surface area contributed by atoms with Crippen molar-refractivity contribution < 1.29 is 23.8 Å². The van der Waals surface area contributed by atoms with E-state index >= 15 is 0 Å². The van der Waals surface area contributed by atoms with Gasteiger partial charge in [-0.15, -0.1) is 0 Å². The molecule has 1 aromatic carbocycles. The molecular formula is C20H16Cl3NO5. The minimum Gasteiger partial charge on any atom is -0.457 e. The van der Waals surface area contributed by atoms with E-state index in [1.807, 2.05) is 18.2 Å². The molecule has 1 aromatic heterocycles. The minimum absolute atomic E-state index is 0.202. The van der Waals surface area contributed by atoms with Crippen molar-refractivity contribution in [1.82, 2.24) is 4.98 Å². The Morgan fingerprint density at radius 3 is 2.62 bits per heavy atom. The van der Waals surface area contributed by atoms with Crippen LogP contribution in [0.2, 0.25) is 0 Å². The molecule has 1 aliphatic carbocycles. The molecule has 9 heteroatoms. The molecule has 1 aliphatic rings. The fourth-order valence-electron chi connectivity index (χ4n) is 2.71. The zero-order valence-electron chi connectivity index (χ0n) is 15.3. The largest absolute Gasteiger partial charge is 0.457 e. The third-order valence-corrected chi connectivity index (χ3v) is 4.23. The number of allylic oxidation sites excluding steroid dienone is 1. The number of ether oxygens (including phenoxy) is 3. The van der Waals surface area contributed by atoms with Crippen molar-refractivity contribution in [2.45, 2.75) is 23.6 Å². The number of halogens is 3. The molecule has 0 fully saturated rings. The van der Waals surface area contributed by atoms with Gasteiger partial charge in [-0.3, -0.25) is 4.79 Å². The number of carbonyl (C=O) groups is 2. The van der Waals surface area contributed by atoms with Crippen LogP contribution in [0.1, 0.15) is 34.8 Å². The summed E-state index contributed by atoms with van der Waals surface area (Å²) in [6.45, 7) is 1.00. The van der Waals surface area contributed by atoms with Crippen molar-refractivity contribution in [2.75, 3.05) is 6.61 Å². The number of nitrogens with zero attached hydrogens (tertiary/aromatic N) is 1. The third-order valence-electron chi connectivity index (χ3n) is 3.90. The van der Waals surface area contributed by atoms with Crippen molar-refractivity contribution in [3.05, 3.63) is 59.3 Å². The molecule has 0 radical (unpaired) electrons. The van der Waals surface area contributed by atoms with E-state index in [9.17, 15) is 9.59 Å². The molecule has 0 amide bonds. The number of pyridine rings is 1. The Balaban J connectivity index is 1.67. The van der Waals surface area contributed by atoms with Gasteiger partial charge in [-0.2, -0.15) is 0 Å². The molecule has 0 bridgehead atoms. The average molecular weight is 457 g/mol. The van der Waals surface area contributed by atoms with Crippen molar-refractivity contribution in [3.63, 3.8) is 0 Å². The van der Waals surface area contributed by atoms with Gasteiger partial charge in [0.2, 0.25) is 9.67 Å². The summed E-state index contributed by atoms with van der Waals surface area (Å²) < 4.78 is 14.2. The van der Waals surface area contributed by atoms with Crippen LogP contribution in [0.5, 0.6) is 11.6 Å². The van der Waals surface area contributed by atoms with E-state index in [1.165, 1.54) is 25.3 Å². The Kier molecular flexibility index (Phi) is 6.67. The molecule has 2 aromatic rings. The zero-order valence-corrected chi connectivity index (χ0v) is 17.6. The number of carbonyl (C=O) groups excluding carboxylic acids is 2. The number of aromatic nitrogens is 1. The molecule has 0 spiro atoms. The van der Waals surface area contributed by atoms with Crippen LogP contribution in [0.15, 0.2) is 42.6 Å². The van der Waals surface area contributed by atoms with Gasteiger partial charge in [-0.1, -0.05) is 34.8 Å². The molecule has 0 aliphatic heterocycles. The lowest BCUT2D eigenvalue weighted by Gasteiger charge is -2.18. The summed E-state index contributed by atoms with van der Waals surface area (Å²) >= 11 is 16.7. The maximum absolute atomic E-state index is 11.9. The number of hydrogen-bond donors (Lipinski definition) is 0. The summed E-state index contributed by atoms with van der Waals surface area (Å²) in [5.41, 5.74) is 2.07. The van der Waals surface area contributed by atoms with Crippen LogP contribution in [-0.2, 0) is 20.7 Å². The molecule has 152 valence electrons. The number of rotatable bonds is 5. The number of hydrogen-bond acceptors (Lipinski definition) is 6. The second-order valence-electron chi connectivity index (χ2n) is 6.20. The van der Waals surface area contributed by atoms with Gasteiger partial charge in [0.15, 0.2) is 0 Å². The van der Waals surface area contributed by atoms with Crippen LogP contribution < -0.4 is 4.74 Å². The highest BCUT2D eigenvalue weighted by atomic mass is 35.6. The Bertz CT molecular complexity index is 952. The van der Waals surface area contributed by atoms with E-state index in [1.54, 1.807) is 6.07 Å². The minimum atomic E-state index is -1.68. The number of alkyl halides is 3. The Morgan fingerprint density at radius 2 is 1.97 bits per heavy atom. The lowest BCUT2D eigenvalue weighted by atomic mass is 9.95. The number of aryl methyl sites for hydroxylation is 1. The predicted octanol–water partition coefficient (Wildman–Crippen LogP) is 5.25. The van der Waals surface area contributed by atoms with Crippen molar-refractivity contribution in [2.24, 2.45) is 0 Å². The third kappa shape index (κ3) is 6.10. The first kappa shape index (κ1) is 21.4. The topological polar surface area (TPSA) is 74.7 Å². The van der Waals surface area contributed by atoms with Crippen LogP contribution in [0, 0.1) is 0 Å². The quantitative estimate of drug-likeness (QED) is 0.452. The normalized spacial score (nSPS) is 13.2. The van der Waals surface area contributed by atoms with Crippen LogP contribution >= 0.6 is 34.8 Å². The fraction of sp³-hybridized carbons (Fsp3) is 0.250. The molecule has 0 unspecified atom stereocenters. The first-order valence-electron chi connectivity index (χ1n) is 8.61. The standard InChI is InChI=1S/C20H16Cl3NO5/c1-12(25)28-17-4-2-3-13-9-15(6-7-16(13)17)29-18-8-5-14(10-24-18)19(26)27-11-20(21,22)23/h4-10H,2-3,11H2,1H3. The van der Waals surface area contributed by atoms with E-state index in [2.05, 4.69) is 4.98 Å².